The molecule has 3 aromatic carbocycles. The number of fused-ring (bicyclic) bond motifs is 1. The number of hydrogen-bond acceptors (Lipinski definition) is 5. The van der Waals surface area contributed by atoms with E-state index in [1.54, 1.807) is 0 Å². The van der Waals surface area contributed by atoms with E-state index in [0.717, 1.165) is 97.0 Å². The molecular formula is C36H36ClN5O. The maximum Gasteiger partial charge on any atom is 0.254 e. The summed E-state index contributed by atoms with van der Waals surface area (Å²) >= 11 is 6.15. The van der Waals surface area contributed by atoms with Gasteiger partial charge >= 0.3 is 0 Å². The maximum atomic E-state index is 14.5. The molecule has 0 spiro atoms. The van der Waals surface area contributed by atoms with Crippen molar-refractivity contribution in [1.82, 2.24) is 14.8 Å². The van der Waals surface area contributed by atoms with Crippen LogP contribution >= 0.6 is 11.6 Å². The lowest BCUT2D eigenvalue weighted by Crippen LogP contribution is -2.42. The van der Waals surface area contributed by atoms with Gasteiger partial charge in [-0.1, -0.05) is 41.9 Å². The first kappa shape index (κ1) is 27.9. The van der Waals surface area contributed by atoms with Gasteiger partial charge in [-0.15, -0.1) is 0 Å². The molecule has 1 amide bonds. The minimum Gasteiger partial charge on any atom is -0.356 e. The Morgan fingerprint density at radius 2 is 1.65 bits per heavy atom. The minimum absolute atomic E-state index is 0.112. The highest BCUT2D eigenvalue weighted by atomic mass is 35.5. The summed E-state index contributed by atoms with van der Waals surface area (Å²) in [7, 11) is 0. The van der Waals surface area contributed by atoms with Crippen molar-refractivity contribution in [3.8, 4) is 17.2 Å². The van der Waals surface area contributed by atoms with Crippen LogP contribution in [0.3, 0.4) is 0 Å². The van der Waals surface area contributed by atoms with Crippen molar-refractivity contribution in [3.63, 3.8) is 0 Å². The number of carbonyl (C=O) groups excluding carboxylic acids is 1. The molecule has 7 heteroatoms. The molecule has 4 aromatic rings. The molecule has 43 heavy (non-hydrogen) atoms. The van der Waals surface area contributed by atoms with Crippen molar-refractivity contribution in [2.24, 2.45) is 0 Å². The van der Waals surface area contributed by atoms with Crippen LogP contribution in [-0.2, 0) is 0 Å². The second kappa shape index (κ2) is 12.0. The molecule has 0 aliphatic carbocycles. The fourth-order valence-electron chi connectivity index (χ4n) is 7.15. The number of anilines is 1. The number of nitrogens with zero attached hydrogens (tertiary/aromatic N) is 5. The highest BCUT2D eigenvalue weighted by Gasteiger charge is 2.33. The largest absolute Gasteiger partial charge is 0.356 e. The molecule has 7 rings (SSSR count). The predicted octanol–water partition coefficient (Wildman–Crippen LogP) is 7.12. The summed E-state index contributed by atoms with van der Waals surface area (Å²) in [5.41, 5.74) is 5.52. The van der Waals surface area contributed by atoms with Crippen LogP contribution in [0.5, 0.6) is 0 Å². The number of amides is 1. The molecule has 0 radical (unpaired) electrons. The van der Waals surface area contributed by atoms with Crippen molar-refractivity contribution >= 4 is 34.2 Å². The van der Waals surface area contributed by atoms with Gasteiger partial charge in [0.2, 0.25) is 0 Å². The zero-order valence-electron chi connectivity index (χ0n) is 24.4. The van der Waals surface area contributed by atoms with Crippen LogP contribution in [0.4, 0.5) is 5.82 Å². The van der Waals surface area contributed by atoms with E-state index in [-0.39, 0.29) is 11.9 Å². The number of halogens is 1. The molecule has 0 bridgehead atoms. The van der Waals surface area contributed by atoms with Gasteiger partial charge in [-0.2, -0.15) is 5.26 Å². The lowest BCUT2D eigenvalue weighted by atomic mass is 9.98. The van der Waals surface area contributed by atoms with Crippen LogP contribution in [0, 0.1) is 11.3 Å². The highest BCUT2D eigenvalue weighted by molar-refractivity contribution is 6.30. The molecule has 0 saturated carbocycles. The molecule has 1 unspecified atom stereocenters. The molecular weight excluding hydrogens is 554 g/mol. The van der Waals surface area contributed by atoms with E-state index >= 15 is 0 Å². The second-order valence-electron chi connectivity index (χ2n) is 12.2. The molecule has 218 valence electrons. The van der Waals surface area contributed by atoms with Gasteiger partial charge in [0.15, 0.2) is 0 Å². The number of carbonyl (C=O) groups is 1. The maximum absolute atomic E-state index is 14.5. The van der Waals surface area contributed by atoms with E-state index in [1.165, 1.54) is 18.4 Å². The van der Waals surface area contributed by atoms with Gasteiger partial charge in [-0.05, 0) is 104 Å². The molecule has 1 aromatic heterocycles. The van der Waals surface area contributed by atoms with Crippen molar-refractivity contribution in [2.45, 2.75) is 44.1 Å². The Labute approximate surface area is 258 Å². The molecule has 2 atom stereocenters. The molecule has 3 aliphatic heterocycles. The third kappa shape index (κ3) is 5.72. The van der Waals surface area contributed by atoms with Crippen molar-refractivity contribution in [1.29, 1.82) is 5.26 Å². The lowest BCUT2D eigenvalue weighted by molar-refractivity contribution is 0.0710. The Morgan fingerprint density at radius 3 is 2.42 bits per heavy atom. The average molecular weight is 590 g/mol. The SMILES string of the molecule is N#Cc1ccc(-c2ccc3nc(N4CCC(c5ccc(Cl)cc5)C4)cc(C(=O)N4CCC[C@H]4CN4CCCC4)c3c2)cc1. The number of pyridine rings is 1. The summed E-state index contributed by atoms with van der Waals surface area (Å²) in [4.78, 5) is 26.6. The molecule has 3 saturated heterocycles. The van der Waals surface area contributed by atoms with Gasteiger partial charge < -0.3 is 14.7 Å². The fourth-order valence-corrected chi connectivity index (χ4v) is 7.28. The van der Waals surface area contributed by atoms with Gasteiger partial charge in [-0.25, -0.2) is 4.98 Å². The van der Waals surface area contributed by atoms with E-state index in [2.05, 4.69) is 45.0 Å². The minimum atomic E-state index is 0.112. The molecule has 0 N–H and O–H groups in total. The van der Waals surface area contributed by atoms with Crippen molar-refractivity contribution in [2.75, 3.05) is 44.2 Å². The van der Waals surface area contributed by atoms with Crippen LogP contribution in [0.2, 0.25) is 5.02 Å². The number of likely N-dealkylation sites (tertiary alicyclic amines) is 2. The first-order chi connectivity index (χ1) is 21.1. The Bertz CT molecular complexity index is 1670. The second-order valence-corrected chi connectivity index (χ2v) is 12.7. The predicted molar refractivity (Wildman–Crippen MR) is 173 cm³/mol. The normalized spacial score (nSPS) is 20.7. The highest BCUT2D eigenvalue weighted by Crippen LogP contribution is 2.35. The van der Waals surface area contributed by atoms with Crippen LogP contribution in [0.15, 0.2) is 72.8 Å². The summed E-state index contributed by atoms with van der Waals surface area (Å²) in [5, 5.41) is 10.9. The van der Waals surface area contributed by atoms with E-state index in [9.17, 15) is 10.1 Å². The Kier molecular flexibility index (Phi) is 7.78. The van der Waals surface area contributed by atoms with E-state index in [1.807, 2.05) is 48.5 Å². The zero-order valence-corrected chi connectivity index (χ0v) is 25.1. The van der Waals surface area contributed by atoms with E-state index in [0.29, 0.717) is 11.5 Å². The van der Waals surface area contributed by atoms with Crippen LogP contribution in [-0.4, -0.2) is 66.0 Å². The van der Waals surface area contributed by atoms with Gasteiger partial charge in [0, 0.05) is 48.5 Å². The molecule has 6 nitrogen and oxygen atoms in total. The Morgan fingerprint density at radius 1 is 0.884 bits per heavy atom. The molecule has 3 aliphatic rings. The first-order valence-electron chi connectivity index (χ1n) is 15.5. The van der Waals surface area contributed by atoms with Crippen LogP contribution in [0.25, 0.3) is 22.0 Å². The summed E-state index contributed by atoms with van der Waals surface area (Å²) in [6.45, 7) is 5.79. The van der Waals surface area contributed by atoms with Gasteiger partial charge in [0.1, 0.15) is 5.82 Å². The topological polar surface area (TPSA) is 63.5 Å². The Balaban J connectivity index is 1.25. The molecule has 4 heterocycles. The third-order valence-corrected chi connectivity index (χ3v) is 9.78. The lowest BCUT2D eigenvalue weighted by Gasteiger charge is -2.29. The number of nitriles is 1. The number of benzene rings is 3. The van der Waals surface area contributed by atoms with Gasteiger partial charge in [-0.3, -0.25) is 4.79 Å². The van der Waals surface area contributed by atoms with Crippen LogP contribution in [0.1, 0.15) is 59.5 Å². The summed E-state index contributed by atoms with van der Waals surface area (Å²) in [6, 6.07) is 26.5. The van der Waals surface area contributed by atoms with Crippen LogP contribution < -0.4 is 4.90 Å². The van der Waals surface area contributed by atoms with E-state index in [4.69, 9.17) is 16.6 Å². The number of hydrogen-bond donors (Lipinski definition) is 0. The standard InChI is InChI=1S/C36H36ClN5O/c37-30-12-9-27(10-13-30)29-15-19-41(23-29)35-21-33(36(43)42-18-3-4-31(42)24-40-16-1-2-17-40)32-20-28(11-14-34(32)39-35)26-7-5-25(22-38)6-8-26/h5-14,20-21,29,31H,1-4,15-19,23-24H2/t29?,31-/m0/s1. The number of aromatic nitrogens is 1. The monoisotopic (exact) mass is 589 g/mol. The van der Waals surface area contributed by atoms with Gasteiger partial charge in [0.25, 0.3) is 5.91 Å². The average Bonchev–Trinajstić information content (AvgIpc) is 3.84. The first-order valence-corrected chi connectivity index (χ1v) is 15.9. The van der Waals surface area contributed by atoms with Crippen molar-refractivity contribution < 1.29 is 4.79 Å². The third-order valence-electron chi connectivity index (χ3n) is 9.53. The Hall–Kier alpha value is -3.92. The van der Waals surface area contributed by atoms with Gasteiger partial charge in [0.05, 0.1) is 22.7 Å². The fraction of sp³-hybridized carbons (Fsp3) is 0.361. The summed E-state index contributed by atoms with van der Waals surface area (Å²) < 4.78 is 0. The zero-order chi connectivity index (χ0) is 29.3. The smallest absolute Gasteiger partial charge is 0.254 e. The summed E-state index contributed by atoms with van der Waals surface area (Å²) in [5.74, 6) is 1.38. The number of rotatable bonds is 6. The molecule has 3 fully saturated rings. The summed E-state index contributed by atoms with van der Waals surface area (Å²) in [6.07, 6.45) is 5.65. The quantitative estimate of drug-likeness (QED) is 0.240. The van der Waals surface area contributed by atoms with E-state index < -0.39 is 0 Å². The van der Waals surface area contributed by atoms with Crippen molar-refractivity contribution in [3.05, 3.63) is 94.5 Å².